The Balaban J connectivity index is 3.03. The van der Waals surface area contributed by atoms with Gasteiger partial charge in [0.15, 0.2) is 0 Å². The van der Waals surface area contributed by atoms with Crippen LogP contribution >= 0.6 is 23.2 Å². The molecule has 0 spiro atoms. The van der Waals surface area contributed by atoms with Crippen molar-refractivity contribution in [1.82, 2.24) is 0 Å². The van der Waals surface area contributed by atoms with Gasteiger partial charge in [-0.3, -0.25) is 9.27 Å². The summed E-state index contributed by atoms with van der Waals surface area (Å²) in [5, 5.41) is 0.553. The minimum Gasteiger partial charge on any atom is -0.269 e. The molecule has 1 aromatic rings. The van der Waals surface area contributed by atoms with Crippen LogP contribution in [0, 0.1) is 0 Å². The van der Waals surface area contributed by atoms with Gasteiger partial charge in [0.2, 0.25) is 0 Å². The lowest BCUT2D eigenvalue weighted by Gasteiger charge is -2.02. The van der Waals surface area contributed by atoms with Crippen molar-refractivity contribution in [3.63, 3.8) is 0 Å². The van der Waals surface area contributed by atoms with E-state index in [-0.39, 0.29) is 15.7 Å². The average Bonchev–Trinajstić information content (AvgIpc) is 1.78. The highest BCUT2D eigenvalue weighted by Gasteiger charge is 2.05. The minimum atomic E-state index is -4.28. The normalized spacial score (nSPS) is 11.3. The molecule has 0 atom stereocenters. The Hall–Kier alpha value is -0.490. The van der Waals surface area contributed by atoms with E-state index in [0.717, 1.165) is 0 Å². The summed E-state index contributed by atoms with van der Waals surface area (Å²) in [6.45, 7) is 0. The summed E-state index contributed by atoms with van der Waals surface area (Å²) in [4.78, 5) is 0. The van der Waals surface area contributed by atoms with E-state index < -0.39 is 10.3 Å². The minimum absolute atomic E-state index is 0.111. The number of hydrogen-bond donors (Lipinski definition) is 2. The molecule has 0 aromatic heterocycles. The Kier molecular flexibility index (Phi) is 3.02. The van der Waals surface area contributed by atoms with E-state index in [0.29, 0.717) is 0 Å². The SMILES string of the molecule is O=S(=O)(O)Nc1cc(Cl)cc(Cl)c1. The fourth-order valence-electron chi connectivity index (χ4n) is 0.762. The number of anilines is 1. The molecular formula is C6H5Cl2NO3S. The van der Waals surface area contributed by atoms with Crippen molar-refractivity contribution in [2.24, 2.45) is 0 Å². The summed E-state index contributed by atoms with van der Waals surface area (Å²) in [6.07, 6.45) is 0. The highest BCUT2D eigenvalue weighted by Crippen LogP contribution is 2.22. The zero-order valence-corrected chi connectivity index (χ0v) is 8.49. The van der Waals surface area contributed by atoms with Crippen LogP contribution in [0.3, 0.4) is 0 Å². The van der Waals surface area contributed by atoms with Crippen molar-refractivity contribution in [2.75, 3.05) is 4.72 Å². The van der Waals surface area contributed by atoms with E-state index in [1.807, 2.05) is 4.72 Å². The summed E-state index contributed by atoms with van der Waals surface area (Å²) in [6, 6.07) is 4.08. The van der Waals surface area contributed by atoms with Crippen LogP contribution in [0.2, 0.25) is 10.0 Å². The summed E-state index contributed by atoms with van der Waals surface area (Å²) in [5.74, 6) is 0. The zero-order chi connectivity index (χ0) is 10.1. The smallest absolute Gasteiger partial charge is 0.269 e. The van der Waals surface area contributed by atoms with Crippen LogP contribution in [0.1, 0.15) is 0 Å². The van der Waals surface area contributed by atoms with Crippen molar-refractivity contribution >= 4 is 39.2 Å². The fourth-order valence-corrected chi connectivity index (χ4v) is 1.70. The van der Waals surface area contributed by atoms with Gasteiger partial charge in [0.05, 0.1) is 5.69 Å². The third kappa shape index (κ3) is 3.82. The number of halogens is 2. The van der Waals surface area contributed by atoms with E-state index in [1.54, 1.807) is 0 Å². The van der Waals surface area contributed by atoms with Crippen molar-refractivity contribution < 1.29 is 13.0 Å². The van der Waals surface area contributed by atoms with Gasteiger partial charge >= 0.3 is 10.3 Å². The molecule has 1 rings (SSSR count). The monoisotopic (exact) mass is 241 g/mol. The Bertz CT molecular complexity index is 398. The molecule has 7 heteroatoms. The molecule has 0 heterocycles. The van der Waals surface area contributed by atoms with Gasteiger partial charge in [0.1, 0.15) is 0 Å². The summed E-state index contributed by atoms with van der Waals surface area (Å²) < 4.78 is 31.0. The summed E-state index contributed by atoms with van der Waals surface area (Å²) in [5.41, 5.74) is 0.111. The zero-order valence-electron chi connectivity index (χ0n) is 6.16. The van der Waals surface area contributed by atoms with E-state index >= 15 is 0 Å². The third-order valence-electron chi connectivity index (χ3n) is 1.11. The van der Waals surface area contributed by atoms with Gasteiger partial charge in [-0.05, 0) is 18.2 Å². The first kappa shape index (κ1) is 10.6. The van der Waals surface area contributed by atoms with E-state index in [2.05, 4.69) is 0 Å². The Labute approximate surface area is 85.4 Å². The molecule has 0 bridgehead atoms. The third-order valence-corrected chi connectivity index (χ3v) is 2.04. The molecule has 1 aromatic carbocycles. The molecule has 2 N–H and O–H groups in total. The number of hydrogen-bond acceptors (Lipinski definition) is 2. The molecule has 13 heavy (non-hydrogen) atoms. The summed E-state index contributed by atoms with van der Waals surface area (Å²) >= 11 is 11.2. The fraction of sp³-hybridized carbons (Fsp3) is 0. The van der Waals surface area contributed by atoms with Gasteiger partial charge in [-0.1, -0.05) is 23.2 Å². The molecule has 4 nitrogen and oxygen atoms in total. The number of rotatable bonds is 2. The molecule has 72 valence electrons. The van der Waals surface area contributed by atoms with Crippen LogP contribution in [-0.2, 0) is 10.3 Å². The first-order valence-electron chi connectivity index (χ1n) is 3.08. The Morgan fingerprint density at radius 2 is 1.62 bits per heavy atom. The lowest BCUT2D eigenvalue weighted by molar-refractivity contribution is 0.490. The number of nitrogens with one attached hydrogen (secondary N) is 1. The summed E-state index contributed by atoms with van der Waals surface area (Å²) in [7, 11) is -4.28. The van der Waals surface area contributed by atoms with E-state index in [9.17, 15) is 8.42 Å². The van der Waals surface area contributed by atoms with Gasteiger partial charge < -0.3 is 0 Å². The maximum absolute atomic E-state index is 10.4. The first-order chi connectivity index (χ1) is 5.87. The Morgan fingerprint density at radius 3 is 2.00 bits per heavy atom. The number of benzene rings is 1. The lowest BCUT2D eigenvalue weighted by Crippen LogP contribution is -2.10. The topological polar surface area (TPSA) is 66.4 Å². The highest BCUT2D eigenvalue weighted by atomic mass is 35.5. The van der Waals surface area contributed by atoms with Crippen LogP contribution in [0.15, 0.2) is 18.2 Å². The second-order valence-electron chi connectivity index (χ2n) is 2.24. The molecule has 0 aliphatic rings. The van der Waals surface area contributed by atoms with Crippen molar-refractivity contribution in [3.8, 4) is 0 Å². The van der Waals surface area contributed by atoms with Crippen LogP contribution in [-0.4, -0.2) is 13.0 Å². The molecule has 0 aliphatic heterocycles. The molecule has 0 unspecified atom stereocenters. The predicted octanol–water partition coefficient (Wildman–Crippen LogP) is 2.21. The van der Waals surface area contributed by atoms with Crippen molar-refractivity contribution in [2.45, 2.75) is 0 Å². The van der Waals surface area contributed by atoms with E-state index in [4.69, 9.17) is 27.8 Å². The van der Waals surface area contributed by atoms with Gasteiger partial charge in [0.25, 0.3) is 0 Å². The molecule has 0 saturated carbocycles. The van der Waals surface area contributed by atoms with Crippen molar-refractivity contribution in [1.29, 1.82) is 0 Å². The molecule has 0 saturated heterocycles. The van der Waals surface area contributed by atoms with Crippen LogP contribution in [0.5, 0.6) is 0 Å². The maximum atomic E-state index is 10.4. The van der Waals surface area contributed by atoms with Crippen LogP contribution in [0.4, 0.5) is 5.69 Å². The van der Waals surface area contributed by atoms with Gasteiger partial charge in [-0.25, -0.2) is 0 Å². The molecule has 0 fully saturated rings. The predicted molar refractivity (Wildman–Crippen MR) is 51.6 cm³/mol. The highest BCUT2D eigenvalue weighted by molar-refractivity contribution is 7.87. The van der Waals surface area contributed by atoms with Gasteiger partial charge in [-0.2, -0.15) is 8.42 Å². The molecule has 0 aliphatic carbocycles. The average molecular weight is 242 g/mol. The van der Waals surface area contributed by atoms with Gasteiger partial charge in [-0.15, -0.1) is 0 Å². The molecular weight excluding hydrogens is 237 g/mol. The Morgan fingerprint density at radius 1 is 1.15 bits per heavy atom. The molecule has 0 amide bonds. The van der Waals surface area contributed by atoms with E-state index in [1.165, 1.54) is 18.2 Å². The second-order valence-corrected chi connectivity index (χ2v) is 4.26. The van der Waals surface area contributed by atoms with Crippen molar-refractivity contribution in [3.05, 3.63) is 28.2 Å². The maximum Gasteiger partial charge on any atom is 0.357 e. The lowest BCUT2D eigenvalue weighted by atomic mass is 10.3. The van der Waals surface area contributed by atoms with Crippen LogP contribution < -0.4 is 4.72 Å². The van der Waals surface area contributed by atoms with Gasteiger partial charge in [0, 0.05) is 10.0 Å². The standard InChI is InChI=1S/C6H5Cl2NO3S/c7-4-1-5(8)3-6(2-4)9-13(10,11)12/h1-3,9H,(H,10,11,12). The first-order valence-corrected chi connectivity index (χ1v) is 5.28. The van der Waals surface area contributed by atoms with Crippen LogP contribution in [0.25, 0.3) is 0 Å². The quantitative estimate of drug-likeness (QED) is 0.781. The molecule has 0 radical (unpaired) electrons. The largest absolute Gasteiger partial charge is 0.357 e. The second kappa shape index (κ2) is 3.71.